The molecule has 0 aliphatic heterocycles. The predicted molar refractivity (Wildman–Crippen MR) is 87.0 cm³/mol. The van der Waals surface area contributed by atoms with Crippen LogP contribution < -0.4 is 5.62 Å². The molecule has 4 nitrogen and oxygen atoms in total. The first kappa shape index (κ1) is 14.3. The van der Waals surface area contributed by atoms with Crippen LogP contribution in [0.15, 0.2) is 42.5 Å². The fraction of sp³-hybridized carbons (Fsp3) is 0.222. The zero-order chi connectivity index (χ0) is 15.9. The average Bonchev–Trinajstić information content (AvgIpc) is 2.75. The Morgan fingerprint density at radius 2 is 1.77 bits per heavy atom. The second-order valence-electron chi connectivity index (χ2n) is 5.70. The molecule has 2 aromatic carbocycles. The maximum absolute atomic E-state index is 12.7. The SMILES string of the molecule is Cc1ccc(C)c(C(=O)Cn2c(=N)n(C)c3ccccc32)c1. The molecule has 1 N–H and O–H groups in total. The van der Waals surface area contributed by atoms with Gasteiger partial charge in [-0.05, 0) is 37.6 Å². The van der Waals surface area contributed by atoms with Gasteiger partial charge in [-0.15, -0.1) is 0 Å². The first-order valence-corrected chi connectivity index (χ1v) is 7.28. The minimum atomic E-state index is 0.0380. The molecule has 0 bridgehead atoms. The standard InChI is InChI=1S/C18H19N3O/c1-12-8-9-13(2)14(10-12)17(22)11-21-16-7-5-4-6-15(16)20(3)18(21)19/h4-10,19H,11H2,1-3H3. The first-order valence-electron chi connectivity index (χ1n) is 7.28. The lowest BCUT2D eigenvalue weighted by Gasteiger charge is -2.08. The van der Waals surface area contributed by atoms with Crippen molar-refractivity contribution in [2.24, 2.45) is 7.05 Å². The molecule has 0 amide bonds. The van der Waals surface area contributed by atoms with Gasteiger partial charge in [-0.2, -0.15) is 0 Å². The number of hydrogen-bond acceptors (Lipinski definition) is 2. The van der Waals surface area contributed by atoms with Crippen LogP contribution >= 0.6 is 0 Å². The number of imidazole rings is 1. The van der Waals surface area contributed by atoms with E-state index in [2.05, 4.69) is 0 Å². The van der Waals surface area contributed by atoms with Gasteiger partial charge in [0.2, 0.25) is 5.62 Å². The van der Waals surface area contributed by atoms with Crippen molar-refractivity contribution in [2.45, 2.75) is 20.4 Å². The molecule has 0 spiro atoms. The summed E-state index contributed by atoms with van der Waals surface area (Å²) in [6, 6.07) is 13.7. The molecule has 112 valence electrons. The van der Waals surface area contributed by atoms with Gasteiger partial charge in [-0.25, -0.2) is 0 Å². The fourth-order valence-electron chi connectivity index (χ4n) is 2.81. The molecular formula is C18H19N3O. The number of aromatic nitrogens is 2. The molecule has 0 saturated carbocycles. The van der Waals surface area contributed by atoms with Gasteiger partial charge < -0.3 is 9.13 Å². The molecule has 3 rings (SSSR count). The van der Waals surface area contributed by atoms with E-state index in [1.165, 1.54) is 0 Å². The Morgan fingerprint density at radius 1 is 1.09 bits per heavy atom. The number of Topliss-reactive ketones (excluding diaryl/α,β-unsaturated/α-hetero) is 1. The third-order valence-corrected chi connectivity index (χ3v) is 4.10. The lowest BCUT2D eigenvalue weighted by Crippen LogP contribution is -2.26. The number of benzene rings is 2. The van der Waals surface area contributed by atoms with Gasteiger partial charge in [-0.1, -0.05) is 29.8 Å². The molecule has 22 heavy (non-hydrogen) atoms. The molecule has 0 atom stereocenters. The molecule has 0 fully saturated rings. The second kappa shape index (κ2) is 5.30. The van der Waals surface area contributed by atoms with Crippen LogP contribution in [0.4, 0.5) is 0 Å². The summed E-state index contributed by atoms with van der Waals surface area (Å²) in [5.41, 5.74) is 4.99. The summed E-state index contributed by atoms with van der Waals surface area (Å²) in [7, 11) is 1.85. The number of carbonyl (C=O) groups excluding carboxylic acids is 1. The van der Waals surface area contributed by atoms with Gasteiger partial charge in [0, 0.05) is 12.6 Å². The smallest absolute Gasteiger partial charge is 0.203 e. The maximum Gasteiger partial charge on any atom is 0.203 e. The van der Waals surface area contributed by atoms with Crippen molar-refractivity contribution in [3.05, 3.63) is 64.8 Å². The van der Waals surface area contributed by atoms with Crippen LogP contribution in [0.3, 0.4) is 0 Å². The molecule has 0 aliphatic rings. The Labute approximate surface area is 129 Å². The lowest BCUT2D eigenvalue weighted by molar-refractivity contribution is 0.0971. The summed E-state index contributed by atoms with van der Waals surface area (Å²) in [5.74, 6) is 0.0380. The number of fused-ring (bicyclic) bond motifs is 1. The third kappa shape index (κ3) is 2.26. The number of aryl methyl sites for hydroxylation is 3. The van der Waals surface area contributed by atoms with E-state index in [9.17, 15) is 4.79 Å². The van der Waals surface area contributed by atoms with Crippen molar-refractivity contribution in [1.82, 2.24) is 9.13 Å². The Morgan fingerprint density at radius 3 is 2.50 bits per heavy atom. The van der Waals surface area contributed by atoms with Crippen molar-refractivity contribution < 1.29 is 4.79 Å². The number of hydrogen-bond donors (Lipinski definition) is 1. The summed E-state index contributed by atoms with van der Waals surface area (Å²) in [6.45, 7) is 4.11. The van der Waals surface area contributed by atoms with E-state index in [4.69, 9.17) is 5.41 Å². The number of rotatable bonds is 3. The van der Waals surface area contributed by atoms with Crippen molar-refractivity contribution in [2.75, 3.05) is 0 Å². The van der Waals surface area contributed by atoms with E-state index in [0.29, 0.717) is 5.62 Å². The van der Waals surface area contributed by atoms with Crippen molar-refractivity contribution >= 4 is 16.8 Å². The van der Waals surface area contributed by atoms with Gasteiger partial charge in [0.15, 0.2) is 5.78 Å². The fourth-order valence-corrected chi connectivity index (χ4v) is 2.81. The molecule has 0 radical (unpaired) electrons. The average molecular weight is 293 g/mol. The number of para-hydroxylation sites is 2. The maximum atomic E-state index is 12.7. The van der Waals surface area contributed by atoms with Crippen molar-refractivity contribution in [3.63, 3.8) is 0 Å². The normalized spacial score (nSPS) is 11.0. The van der Waals surface area contributed by atoms with Crippen molar-refractivity contribution in [3.8, 4) is 0 Å². The summed E-state index contributed by atoms with van der Waals surface area (Å²) >= 11 is 0. The van der Waals surface area contributed by atoms with Gasteiger partial charge in [0.05, 0.1) is 17.6 Å². The summed E-state index contributed by atoms with van der Waals surface area (Å²) in [6.07, 6.45) is 0. The topological polar surface area (TPSA) is 50.8 Å². The van der Waals surface area contributed by atoms with E-state index in [0.717, 1.165) is 27.7 Å². The van der Waals surface area contributed by atoms with Crippen LogP contribution in [-0.2, 0) is 13.6 Å². The second-order valence-corrected chi connectivity index (χ2v) is 5.70. The van der Waals surface area contributed by atoms with E-state index >= 15 is 0 Å². The number of nitrogens with zero attached hydrogens (tertiary/aromatic N) is 2. The van der Waals surface area contributed by atoms with Crippen LogP contribution in [0.25, 0.3) is 11.0 Å². The van der Waals surface area contributed by atoms with Gasteiger partial charge in [0.25, 0.3) is 0 Å². The molecule has 4 heteroatoms. The molecular weight excluding hydrogens is 274 g/mol. The Bertz CT molecular complexity index is 931. The number of carbonyl (C=O) groups is 1. The highest BCUT2D eigenvalue weighted by atomic mass is 16.1. The molecule has 1 aromatic heterocycles. The summed E-state index contributed by atoms with van der Waals surface area (Å²) in [5, 5.41) is 8.25. The lowest BCUT2D eigenvalue weighted by atomic mass is 10.0. The third-order valence-electron chi connectivity index (χ3n) is 4.10. The first-order chi connectivity index (χ1) is 10.5. The molecule has 3 aromatic rings. The van der Waals surface area contributed by atoms with Gasteiger partial charge in [-0.3, -0.25) is 10.2 Å². The van der Waals surface area contributed by atoms with E-state index in [-0.39, 0.29) is 12.3 Å². The molecule has 0 unspecified atom stereocenters. The van der Waals surface area contributed by atoms with Crippen LogP contribution in [0.1, 0.15) is 21.5 Å². The van der Waals surface area contributed by atoms with E-state index < -0.39 is 0 Å². The minimum absolute atomic E-state index is 0.0380. The molecule has 0 saturated heterocycles. The van der Waals surface area contributed by atoms with Crippen LogP contribution in [0.2, 0.25) is 0 Å². The van der Waals surface area contributed by atoms with Crippen LogP contribution in [0, 0.1) is 19.3 Å². The van der Waals surface area contributed by atoms with E-state index in [1.807, 2.05) is 63.4 Å². The highest BCUT2D eigenvalue weighted by Crippen LogP contribution is 2.15. The van der Waals surface area contributed by atoms with Crippen LogP contribution in [-0.4, -0.2) is 14.9 Å². The predicted octanol–water partition coefficient (Wildman–Crippen LogP) is 2.96. The van der Waals surface area contributed by atoms with Gasteiger partial charge >= 0.3 is 0 Å². The molecule has 0 aliphatic carbocycles. The quantitative estimate of drug-likeness (QED) is 0.742. The minimum Gasteiger partial charge on any atom is -0.313 e. The van der Waals surface area contributed by atoms with Crippen molar-refractivity contribution in [1.29, 1.82) is 5.41 Å². The zero-order valence-electron chi connectivity index (χ0n) is 13.1. The largest absolute Gasteiger partial charge is 0.313 e. The summed E-state index contributed by atoms with van der Waals surface area (Å²) < 4.78 is 3.56. The molecule has 1 heterocycles. The Balaban J connectivity index is 2.07. The Hall–Kier alpha value is -2.62. The zero-order valence-corrected chi connectivity index (χ0v) is 13.1. The monoisotopic (exact) mass is 293 g/mol. The number of nitrogens with one attached hydrogen (secondary N) is 1. The van der Waals surface area contributed by atoms with Crippen LogP contribution in [0.5, 0.6) is 0 Å². The summed E-state index contributed by atoms with van der Waals surface area (Å²) in [4.78, 5) is 12.7. The van der Waals surface area contributed by atoms with Gasteiger partial charge in [0.1, 0.15) is 0 Å². The number of ketones is 1. The highest BCUT2D eigenvalue weighted by Gasteiger charge is 2.14. The highest BCUT2D eigenvalue weighted by molar-refractivity contribution is 5.98. The Kier molecular flexibility index (Phi) is 3.45. The van der Waals surface area contributed by atoms with E-state index in [1.54, 1.807) is 9.13 Å².